The van der Waals surface area contributed by atoms with Crippen molar-refractivity contribution >= 4 is 29.7 Å². The number of esters is 1. The zero-order valence-corrected chi connectivity index (χ0v) is 13.8. The van der Waals surface area contributed by atoms with Gasteiger partial charge in [0, 0.05) is 23.8 Å². The molecular formula is C19H14N2O5. The zero-order chi connectivity index (χ0) is 18.5. The summed E-state index contributed by atoms with van der Waals surface area (Å²) in [6.07, 6.45) is 4.65. The highest BCUT2D eigenvalue weighted by Crippen LogP contribution is 2.23. The quantitative estimate of drug-likeness (QED) is 0.355. The van der Waals surface area contributed by atoms with Gasteiger partial charge in [0.2, 0.25) is 5.90 Å². The summed E-state index contributed by atoms with van der Waals surface area (Å²) in [5, 5.41) is 10.8. The van der Waals surface area contributed by atoms with Gasteiger partial charge in [0.1, 0.15) is 5.75 Å². The third-order valence-corrected chi connectivity index (χ3v) is 3.57. The SMILES string of the molecule is COc1ccccc1C=C1N=C(C=Cc2cccc([N+](=O)[O-])c2)OC1=O. The van der Waals surface area contributed by atoms with Crippen LogP contribution in [0.1, 0.15) is 11.1 Å². The van der Waals surface area contributed by atoms with Crippen LogP contribution < -0.4 is 4.74 Å². The van der Waals surface area contributed by atoms with Crippen molar-refractivity contribution < 1.29 is 19.2 Å². The number of cyclic esters (lactones) is 1. The molecule has 0 N–H and O–H groups in total. The van der Waals surface area contributed by atoms with Gasteiger partial charge in [-0.25, -0.2) is 9.79 Å². The molecule has 0 fully saturated rings. The highest BCUT2D eigenvalue weighted by molar-refractivity contribution is 6.11. The fourth-order valence-electron chi connectivity index (χ4n) is 2.34. The van der Waals surface area contributed by atoms with Crippen molar-refractivity contribution in [3.63, 3.8) is 0 Å². The van der Waals surface area contributed by atoms with Crippen LogP contribution in [0.25, 0.3) is 12.2 Å². The van der Waals surface area contributed by atoms with Gasteiger partial charge in [-0.3, -0.25) is 10.1 Å². The number of methoxy groups -OCH3 is 1. The molecule has 0 atom stereocenters. The molecule has 26 heavy (non-hydrogen) atoms. The van der Waals surface area contributed by atoms with Crippen LogP contribution in [0.4, 0.5) is 5.69 Å². The van der Waals surface area contributed by atoms with E-state index in [0.717, 1.165) is 0 Å². The third-order valence-electron chi connectivity index (χ3n) is 3.57. The van der Waals surface area contributed by atoms with E-state index in [1.807, 2.05) is 12.1 Å². The Morgan fingerprint density at radius 3 is 2.73 bits per heavy atom. The van der Waals surface area contributed by atoms with E-state index in [1.54, 1.807) is 43.5 Å². The molecule has 0 saturated heterocycles. The molecule has 1 heterocycles. The summed E-state index contributed by atoms with van der Waals surface area (Å²) in [5.41, 5.74) is 1.43. The lowest BCUT2D eigenvalue weighted by molar-refractivity contribution is -0.384. The Bertz CT molecular complexity index is 960. The van der Waals surface area contributed by atoms with E-state index in [-0.39, 0.29) is 17.3 Å². The van der Waals surface area contributed by atoms with Gasteiger partial charge in [-0.2, -0.15) is 0 Å². The minimum Gasteiger partial charge on any atom is -0.496 e. The number of hydrogen-bond acceptors (Lipinski definition) is 6. The first-order chi connectivity index (χ1) is 12.6. The lowest BCUT2D eigenvalue weighted by Crippen LogP contribution is -2.01. The minimum atomic E-state index is -0.574. The van der Waals surface area contributed by atoms with Crippen LogP contribution in [0.3, 0.4) is 0 Å². The number of rotatable bonds is 5. The van der Waals surface area contributed by atoms with Crippen molar-refractivity contribution in [2.24, 2.45) is 4.99 Å². The van der Waals surface area contributed by atoms with Crippen molar-refractivity contribution in [3.8, 4) is 5.75 Å². The number of para-hydroxylation sites is 1. The number of ether oxygens (including phenoxy) is 2. The van der Waals surface area contributed by atoms with Crippen LogP contribution in [-0.4, -0.2) is 23.9 Å². The number of nitrogens with zero attached hydrogens (tertiary/aromatic N) is 2. The average molecular weight is 350 g/mol. The predicted molar refractivity (Wildman–Crippen MR) is 96.6 cm³/mol. The van der Waals surface area contributed by atoms with Crippen molar-refractivity contribution in [3.05, 3.63) is 81.5 Å². The molecule has 7 nitrogen and oxygen atoms in total. The largest absolute Gasteiger partial charge is 0.496 e. The maximum absolute atomic E-state index is 12.0. The lowest BCUT2D eigenvalue weighted by Gasteiger charge is -2.03. The molecule has 130 valence electrons. The second-order valence-corrected chi connectivity index (χ2v) is 5.30. The van der Waals surface area contributed by atoms with Gasteiger partial charge in [0.25, 0.3) is 5.69 Å². The highest BCUT2D eigenvalue weighted by Gasteiger charge is 2.21. The normalized spacial score (nSPS) is 15.2. The molecule has 2 aromatic carbocycles. The van der Waals surface area contributed by atoms with Gasteiger partial charge in [-0.15, -0.1) is 0 Å². The second kappa shape index (κ2) is 7.43. The van der Waals surface area contributed by atoms with Crippen LogP contribution in [-0.2, 0) is 9.53 Å². The Kier molecular flexibility index (Phi) is 4.89. The molecule has 0 spiro atoms. The Hall–Kier alpha value is -3.74. The number of nitro groups is 1. The van der Waals surface area contributed by atoms with Crippen molar-refractivity contribution in [1.82, 2.24) is 0 Å². The van der Waals surface area contributed by atoms with Crippen molar-refractivity contribution in [2.45, 2.75) is 0 Å². The first kappa shape index (κ1) is 17.1. The molecule has 0 aliphatic carbocycles. The minimum absolute atomic E-state index is 0.0192. The molecule has 0 amide bonds. The number of nitro benzene ring substituents is 1. The smallest absolute Gasteiger partial charge is 0.363 e. The van der Waals surface area contributed by atoms with E-state index < -0.39 is 10.9 Å². The molecule has 0 saturated carbocycles. The van der Waals surface area contributed by atoms with E-state index in [9.17, 15) is 14.9 Å². The second-order valence-electron chi connectivity index (χ2n) is 5.30. The number of carbonyl (C=O) groups excluding carboxylic acids is 1. The maximum Gasteiger partial charge on any atom is 0.363 e. The summed E-state index contributed by atoms with van der Waals surface area (Å²) < 4.78 is 10.3. The molecule has 0 aromatic heterocycles. The van der Waals surface area contributed by atoms with Crippen LogP contribution in [0, 0.1) is 10.1 Å². The highest BCUT2D eigenvalue weighted by atomic mass is 16.6. The zero-order valence-electron chi connectivity index (χ0n) is 13.8. The predicted octanol–water partition coefficient (Wildman–Crippen LogP) is 3.61. The maximum atomic E-state index is 12.0. The lowest BCUT2D eigenvalue weighted by atomic mass is 10.1. The first-order valence-corrected chi connectivity index (χ1v) is 7.65. The van der Waals surface area contributed by atoms with Crippen molar-refractivity contribution in [2.75, 3.05) is 7.11 Å². The number of non-ortho nitro benzene ring substituents is 1. The van der Waals surface area contributed by atoms with Gasteiger partial charge in [-0.05, 0) is 23.8 Å². The number of hydrogen-bond donors (Lipinski definition) is 0. The Morgan fingerprint density at radius 2 is 1.96 bits per heavy atom. The Balaban J connectivity index is 1.83. The van der Waals surface area contributed by atoms with Crippen LogP contribution in [0.2, 0.25) is 0 Å². The Morgan fingerprint density at radius 1 is 1.15 bits per heavy atom. The van der Waals surface area contributed by atoms with E-state index in [2.05, 4.69) is 4.99 Å². The summed E-state index contributed by atoms with van der Waals surface area (Å²) in [7, 11) is 1.54. The summed E-state index contributed by atoms with van der Waals surface area (Å²) >= 11 is 0. The molecule has 1 aliphatic rings. The fourth-order valence-corrected chi connectivity index (χ4v) is 2.34. The van der Waals surface area contributed by atoms with Gasteiger partial charge < -0.3 is 9.47 Å². The van der Waals surface area contributed by atoms with Gasteiger partial charge in [0.15, 0.2) is 5.70 Å². The van der Waals surface area contributed by atoms with E-state index >= 15 is 0 Å². The molecular weight excluding hydrogens is 336 g/mol. The van der Waals surface area contributed by atoms with E-state index in [4.69, 9.17) is 9.47 Å². The van der Waals surface area contributed by atoms with Crippen LogP contribution in [0.15, 0.2) is 65.3 Å². The third kappa shape index (κ3) is 3.84. The topological polar surface area (TPSA) is 91.0 Å². The standard InChI is InChI=1S/C19H14N2O5/c1-25-17-8-3-2-6-14(17)12-16-19(22)26-18(20-16)10-9-13-5-4-7-15(11-13)21(23)24/h2-12H,1H3. The monoisotopic (exact) mass is 350 g/mol. The van der Waals surface area contributed by atoms with Crippen LogP contribution in [0.5, 0.6) is 5.75 Å². The molecule has 2 aromatic rings. The molecule has 0 unspecified atom stereocenters. The van der Waals surface area contributed by atoms with Crippen molar-refractivity contribution in [1.29, 1.82) is 0 Å². The molecule has 0 radical (unpaired) electrons. The van der Waals surface area contributed by atoms with Crippen LogP contribution >= 0.6 is 0 Å². The van der Waals surface area contributed by atoms with Gasteiger partial charge in [-0.1, -0.05) is 30.3 Å². The van der Waals surface area contributed by atoms with Gasteiger partial charge >= 0.3 is 5.97 Å². The summed E-state index contributed by atoms with van der Waals surface area (Å²) in [5.74, 6) is 0.154. The Labute approximate surface area is 149 Å². The fraction of sp³-hybridized carbons (Fsp3) is 0.0526. The van der Waals surface area contributed by atoms with E-state index in [1.165, 1.54) is 18.2 Å². The first-order valence-electron chi connectivity index (χ1n) is 7.65. The number of carbonyl (C=O) groups is 1. The van der Waals surface area contributed by atoms with E-state index in [0.29, 0.717) is 16.9 Å². The molecule has 1 aliphatic heterocycles. The summed E-state index contributed by atoms with van der Waals surface area (Å²) in [6, 6.07) is 13.3. The average Bonchev–Trinajstić information content (AvgIpc) is 3.00. The molecule has 3 rings (SSSR count). The summed E-state index contributed by atoms with van der Waals surface area (Å²) in [6.45, 7) is 0. The summed E-state index contributed by atoms with van der Waals surface area (Å²) in [4.78, 5) is 26.4. The van der Waals surface area contributed by atoms with Gasteiger partial charge in [0.05, 0.1) is 12.0 Å². The molecule has 0 bridgehead atoms. The number of aliphatic imine (C=N–C) groups is 1. The molecule has 7 heteroatoms. The number of benzene rings is 2.